The molecule has 0 N–H and O–H groups in total. The summed E-state index contributed by atoms with van der Waals surface area (Å²) >= 11 is 0. The Hall–Kier alpha value is -3.12. The van der Waals surface area contributed by atoms with Gasteiger partial charge in [0.25, 0.3) is 5.91 Å². The maximum absolute atomic E-state index is 13.4. The minimum absolute atomic E-state index is 0.0210. The standard InChI is InChI=1S/C24H28N4O2/c1-17(2)28-20-11-6-5-10-19(20)23-21(28)15-22(27(23)13-14-30-4)24(29)26(3)16-18-9-7-8-12-25-18/h5-12,15,17H,13-14,16H2,1-4H3. The third-order valence-electron chi connectivity index (χ3n) is 5.48. The number of amides is 1. The van der Waals surface area contributed by atoms with Crippen LogP contribution in [-0.2, 0) is 17.8 Å². The smallest absolute Gasteiger partial charge is 0.270 e. The molecule has 156 valence electrons. The molecule has 4 rings (SSSR count). The van der Waals surface area contributed by atoms with Crippen molar-refractivity contribution in [1.29, 1.82) is 0 Å². The second-order valence-corrected chi connectivity index (χ2v) is 7.87. The van der Waals surface area contributed by atoms with Gasteiger partial charge in [0.15, 0.2) is 0 Å². The molecule has 1 amide bonds. The number of carbonyl (C=O) groups is 1. The predicted octanol–water partition coefficient (Wildman–Crippen LogP) is 4.49. The Morgan fingerprint density at radius 3 is 2.60 bits per heavy atom. The van der Waals surface area contributed by atoms with Crippen LogP contribution in [0.4, 0.5) is 0 Å². The molecule has 0 bridgehead atoms. The average Bonchev–Trinajstić information content (AvgIpc) is 3.26. The van der Waals surface area contributed by atoms with Crippen molar-refractivity contribution in [2.24, 2.45) is 0 Å². The SMILES string of the molecule is COCCn1c(C(=O)N(C)Cc2ccccn2)cc2c1c1ccccc1n2C(C)C. The van der Waals surface area contributed by atoms with E-state index in [-0.39, 0.29) is 11.9 Å². The fourth-order valence-corrected chi connectivity index (χ4v) is 4.17. The number of benzene rings is 1. The number of aromatic nitrogens is 3. The van der Waals surface area contributed by atoms with Crippen LogP contribution in [0.2, 0.25) is 0 Å². The number of pyridine rings is 1. The summed E-state index contributed by atoms with van der Waals surface area (Å²) in [7, 11) is 3.51. The molecule has 0 radical (unpaired) electrons. The Morgan fingerprint density at radius 1 is 1.13 bits per heavy atom. The molecule has 1 aromatic carbocycles. The van der Waals surface area contributed by atoms with Gasteiger partial charge in [0.2, 0.25) is 0 Å². The third kappa shape index (κ3) is 3.48. The highest BCUT2D eigenvalue weighted by molar-refractivity contribution is 6.10. The minimum atomic E-state index is -0.0210. The maximum atomic E-state index is 13.4. The zero-order chi connectivity index (χ0) is 21.3. The van der Waals surface area contributed by atoms with Crippen molar-refractivity contribution in [2.75, 3.05) is 20.8 Å². The summed E-state index contributed by atoms with van der Waals surface area (Å²) in [5.74, 6) is -0.0210. The van der Waals surface area contributed by atoms with Crippen LogP contribution in [0.3, 0.4) is 0 Å². The quantitative estimate of drug-likeness (QED) is 0.456. The molecule has 0 saturated carbocycles. The van der Waals surface area contributed by atoms with Crippen molar-refractivity contribution in [3.63, 3.8) is 0 Å². The van der Waals surface area contributed by atoms with Gasteiger partial charge in [0.1, 0.15) is 5.69 Å². The second kappa shape index (κ2) is 8.32. The van der Waals surface area contributed by atoms with E-state index in [1.54, 1.807) is 18.2 Å². The van der Waals surface area contributed by atoms with Crippen molar-refractivity contribution < 1.29 is 9.53 Å². The molecule has 0 unspecified atom stereocenters. The monoisotopic (exact) mass is 404 g/mol. The molecular weight excluding hydrogens is 376 g/mol. The molecule has 0 aliphatic rings. The maximum Gasteiger partial charge on any atom is 0.270 e. The molecule has 3 aromatic heterocycles. The van der Waals surface area contributed by atoms with E-state index in [2.05, 4.69) is 52.2 Å². The molecule has 30 heavy (non-hydrogen) atoms. The lowest BCUT2D eigenvalue weighted by atomic mass is 10.2. The second-order valence-electron chi connectivity index (χ2n) is 7.87. The Bertz CT molecular complexity index is 1170. The van der Waals surface area contributed by atoms with Gasteiger partial charge >= 0.3 is 0 Å². The number of carbonyl (C=O) groups excluding carboxylic acids is 1. The first-order chi connectivity index (χ1) is 14.5. The van der Waals surface area contributed by atoms with E-state index < -0.39 is 0 Å². The van der Waals surface area contributed by atoms with Gasteiger partial charge in [0.05, 0.1) is 35.4 Å². The largest absolute Gasteiger partial charge is 0.383 e. The van der Waals surface area contributed by atoms with E-state index in [1.165, 1.54) is 5.52 Å². The summed E-state index contributed by atoms with van der Waals surface area (Å²) in [6.07, 6.45) is 1.75. The minimum Gasteiger partial charge on any atom is -0.383 e. The number of hydrogen-bond acceptors (Lipinski definition) is 3. The molecule has 0 fully saturated rings. The van der Waals surface area contributed by atoms with Gasteiger partial charge in [-0.3, -0.25) is 9.78 Å². The number of rotatable bonds is 7. The van der Waals surface area contributed by atoms with Crippen molar-refractivity contribution in [2.45, 2.75) is 33.0 Å². The Balaban J connectivity index is 1.84. The van der Waals surface area contributed by atoms with Crippen LogP contribution < -0.4 is 0 Å². The number of fused-ring (bicyclic) bond motifs is 3. The first-order valence-electron chi connectivity index (χ1n) is 10.3. The van der Waals surface area contributed by atoms with Crippen LogP contribution in [0.1, 0.15) is 36.1 Å². The molecule has 0 spiro atoms. The summed E-state index contributed by atoms with van der Waals surface area (Å²) < 4.78 is 9.78. The van der Waals surface area contributed by atoms with E-state index in [4.69, 9.17) is 4.74 Å². The van der Waals surface area contributed by atoms with Gasteiger partial charge in [-0.25, -0.2) is 0 Å². The van der Waals surface area contributed by atoms with Crippen LogP contribution in [-0.4, -0.2) is 45.7 Å². The van der Waals surface area contributed by atoms with Crippen LogP contribution in [0.15, 0.2) is 54.7 Å². The Kier molecular flexibility index (Phi) is 5.59. The van der Waals surface area contributed by atoms with Gasteiger partial charge in [-0.05, 0) is 38.1 Å². The van der Waals surface area contributed by atoms with Crippen molar-refractivity contribution in [3.05, 3.63) is 66.1 Å². The predicted molar refractivity (Wildman–Crippen MR) is 120 cm³/mol. The van der Waals surface area contributed by atoms with E-state index in [0.717, 1.165) is 22.1 Å². The first kappa shape index (κ1) is 20.2. The number of ether oxygens (including phenoxy) is 1. The molecule has 6 heteroatoms. The lowest BCUT2D eigenvalue weighted by molar-refractivity contribution is 0.0770. The van der Waals surface area contributed by atoms with Crippen LogP contribution >= 0.6 is 0 Å². The molecule has 0 aliphatic carbocycles. The molecule has 3 heterocycles. The van der Waals surface area contributed by atoms with Gasteiger partial charge in [-0.2, -0.15) is 0 Å². The number of methoxy groups -OCH3 is 1. The van der Waals surface area contributed by atoms with Crippen LogP contribution in [0.5, 0.6) is 0 Å². The molecular formula is C24H28N4O2. The fraction of sp³-hybridized carbons (Fsp3) is 0.333. The first-order valence-corrected chi connectivity index (χ1v) is 10.3. The van der Waals surface area contributed by atoms with E-state index in [0.29, 0.717) is 25.4 Å². The Morgan fingerprint density at radius 2 is 1.90 bits per heavy atom. The lowest BCUT2D eigenvalue weighted by Gasteiger charge is -2.18. The zero-order valence-electron chi connectivity index (χ0n) is 18.0. The summed E-state index contributed by atoms with van der Waals surface area (Å²) in [5.41, 5.74) is 4.90. The molecule has 6 nitrogen and oxygen atoms in total. The van der Waals surface area contributed by atoms with Crippen molar-refractivity contribution in [3.8, 4) is 0 Å². The van der Waals surface area contributed by atoms with E-state index in [9.17, 15) is 4.79 Å². The highest BCUT2D eigenvalue weighted by Crippen LogP contribution is 2.34. The normalized spacial score (nSPS) is 11.6. The topological polar surface area (TPSA) is 52.3 Å². The highest BCUT2D eigenvalue weighted by Gasteiger charge is 2.24. The summed E-state index contributed by atoms with van der Waals surface area (Å²) in [6.45, 7) is 5.96. The van der Waals surface area contributed by atoms with Crippen LogP contribution in [0, 0.1) is 0 Å². The third-order valence-corrected chi connectivity index (χ3v) is 5.48. The van der Waals surface area contributed by atoms with Crippen LogP contribution in [0.25, 0.3) is 21.9 Å². The number of hydrogen-bond donors (Lipinski definition) is 0. The van der Waals surface area contributed by atoms with Crippen molar-refractivity contribution >= 4 is 27.8 Å². The highest BCUT2D eigenvalue weighted by atomic mass is 16.5. The molecule has 0 atom stereocenters. The lowest BCUT2D eigenvalue weighted by Crippen LogP contribution is -2.29. The van der Waals surface area contributed by atoms with Gasteiger partial charge in [-0.1, -0.05) is 24.3 Å². The number of nitrogens with zero attached hydrogens (tertiary/aromatic N) is 4. The average molecular weight is 405 g/mol. The van der Waals surface area contributed by atoms with E-state index in [1.807, 2.05) is 31.3 Å². The summed E-state index contributed by atoms with van der Waals surface area (Å²) in [4.78, 5) is 19.5. The zero-order valence-corrected chi connectivity index (χ0v) is 18.0. The van der Waals surface area contributed by atoms with Gasteiger partial charge in [0, 0.05) is 38.3 Å². The fourth-order valence-electron chi connectivity index (χ4n) is 4.17. The van der Waals surface area contributed by atoms with E-state index >= 15 is 0 Å². The molecule has 4 aromatic rings. The molecule has 0 aliphatic heterocycles. The van der Waals surface area contributed by atoms with Gasteiger partial charge in [-0.15, -0.1) is 0 Å². The summed E-state index contributed by atoms with van der Waals surface area (Å²) in [5, 5.41) is 1.16. The molecule has 0 saturated heterocycles. The Labute approximate surface area is 176 Å². The van der Waals surface area contributed by atoms with Gasteiger partial charge < -0.3 is 18.8 Å². The number of para-hydroxylation sites is 1. The van der Waals surface area contributed by atoms with Crippen molar-refractivity contribution in [1.82, 2.24) is 19.0 Å². The summed E-state index contributed by atoms with van der Waals surface area (Å²) in [6, 6.07) is 16.4.